The number of benzene rings is 1. The summed E-state index contributed by atoms with van der Waals surface area (Å²) >= 11 is 15.5. The zero-order valence-corrected chi connectivity index (χ0v) is 10.1. The summed E-state index contributed by atoms with van der Waals surface area (Å²) in [5.74, 6) is 0. The zero-order chi connectivity index (χ0) is 10.1. The van der Waals surface area contributed by atoms with Crippen molar-refractivity contribution >= 4 is 39.1 Å². The van der Waals surface area contributed by atoms with E-state index < -0.39 is 0 Å². The predicted octanol–water partition coefficient (Wildman–Crippen LogP) is 4.55. The molecule has 0 aliphatic rings. The summed E-state index contributed by atoms with van der Waals surface area (Å²) in [5.41, 5.74) is 0.807. The average Bonchev–Trinajstić information content (AvgIpc) is 2.51. The number of halogens is 3. The largest absolute Gasteiger partial charge is 0.320 e. The van der Waals surface area contributed by atoms with Gasteiger partial charge >= 0.3 is 0 Å². The highest BCUT2D eigenvalue weighted by Crippen LogP contribution is 2.29. The zero-order valence-electron chi connectivity index (χ0n) is 7.05. The molecule has 4 heteroatoms. The first-order valence-corrected chi connectivity index (χ1v) is 5.51. The Kier molecular flexibility index (Phi) is 2.86. The van der Waals surface area contributed by atoms with Crippen LogP contribution in [0.3, 0.4) is 0 Å². The van der Waals surface area contributed by atoms with Crippen molar-refractivity contribution in [2.75, 3.05) is 0 Å². The Morgan fingerprint density at radius 1 is 1.07 bits per heavy atom. The van der Waals surface area contributed by atoms with Crippen LogP contribution in [0, 0.1) is 0 Å². The normalized spacial score (nSPS) is 10.5. The van der Waals surface area contributed by atoms with Crippen molar-refractivity contribution in [3.05, 3.63) is 51.2 Å². The van der Waals surface area contributed by atoms with Gasteiger partial charge in [0.25, 0.3) is 0 Å². The van der Waals surface area contributed by atoms with E-state index in [2.05, 4.69) is 15.9 Å². The van der Waals surface area contributed by atoms with E-state index in [0.717, 1.165) is 10.2 Å². The van der Waals surface area contributed by atoms with E-state index in [1.807, 2.05) is 41.2 Å². The second kappa shape index (κ2) is 3.97. The van der Waals surface area contributed by atoms with E-state index in [-0.39, 0.29) is 0 Å². The topological polar surface area (TPSA) is 4.93 Å². The Labute approximate surface area is 100 Å². The van der Waals surface area contributed by atoms with Crippen LogP contribution in [0.15, 0.2) is 41.1 Å². The molecule has 1 heterocycles. The highest BCUT2D eigenvalue weighted by atomic mass is 79.9. The number of rotatable bonds is 1. The summed E-state index contributed by atoms with van der Waals surface area (Å²) in [6.07, 6.45) is 3.81. The number of aromatic nitrogens is 1. The van der Waals surface area contributed by atoms with Gasteiger partial charge in [0.1, 0.15) is 0 Å². The molecule has 14 heavy (non-hydrogen) atoms. The van der Waals surface area contributed by atoms with Crippen molar-refractivity contribution in [3.8, 4) is 5.69 Å². The molecule has 0 fully saturated rings. The molecule has 0 radical (unpaired) electrons. The first-order chi connectivity index (χ1) is 6.68. The van der Waals surface area contributed by atoms with Gasteiger partial charge in [-0.1, -0.05) is 29.3 Å². The molecule has 0 aliphatic heterocycles. The fraction of sp³-hybridized carbons (Fsp3) is 0. The summed E-state index contributed by atoms with van der Waals surface area (Å²) in [5, 5.41) is 1.28. The molecule has 0 amide bonds. The highest BCUT2D eigenvalue weighted by Gasteiger charge is 2.06. The van der Waals surface area contributed by atoms with Crippen molar-refractivity contribution in [3.63, 3.8) is 0 Å². The monoisotopic (exact) mass is 289 g/mol. The third kappa shape index (κ3) is 1.83. The lowest BCUT2D eigenvalue weighted by molar-refractivity contribution is 1.08. The maximum Gasteiger partial charge on any atom is 0.0826 e. The van der Waals surface area contributed by atoms with Crippen molar-refractivity contribution in [2.45, 2.75) is 0 Å². The summed E-state index contributed by atoms with van der Waals surface area (Å²) < 4.78 is 2.88. The van der Waals surface area contributed by atoms with Crippen molar-refractivity contribution in [1.29, 1.82) is 0 Å². The molecule has 0 spiro atoms. The first-order valence-electron chi connectivity index (χ1n) is 3.96. The fourth-order valence-electron chi connectivity index (χ4n) is 1.25. The Morgan fingerprint density at radius 2 is 1.71 bits per heavy atom. The van der Waals surface area contributed by atoms with E-state index in [4.69, 9.17) is 23.2 Å². The van der Waals surface area contributed by atoms with Crippen LogP contribution in [0.25, 0.3) is 5.69 Å². The maximum atomic E-state index is 6.05. The van der Waals surface area contributed by atoms with Gasteiger partial charge in [0.2, 0.25) is 0 Å². The molecule has 2 aromatic rings. The predicted molar refractivity (Wildman–Crippen MR) is 63.5 cm³/mol. The molecule has 0 saturated carbocycles. The summed E-state index contributed by atoms with van der Waals surface area (Å²) in [6, 6.07) is 7.39. The minimum absolute atomic E-state index is 0.639. The van der Waals surface area contributed by atoms with Gasteiger partial charge in [-0.2, -0.15) is 0 Å². The number of hydrogen-bond acceptors (Lipinski definition) is 0. The molecule has 0 unspecified atom stereocenters. The molecule has 1 nitrogen and oxygen atoms in total. The van der Waals surface area contributed by atoms with Gasteiger partial charge in [0, 0.05) is 16.9 Å². The standard InChI is InChI=1S/C10H6BrCl2N/c11-7-4-5-14(6-7)10-8(12)2-1-3-9(10)13/h1-6H. The van der Waals surface area contributed by atoms with Crippen LogP contribution >= 0.6 is 39.1 Å². The molecule has 2 rings (SSSR count). The Balaban J connectivity index is 2.61. The Bertz CT molecular complexity index is 445. The van der Waals surface area contributed by atoms with Crippen molar-refractivity contribution in [1.82, 2.24) is 4.57 Å². The fourth-order valence-corrected chi connectivity index (χ4v) is 2.18. The quantitative estimate of drug-likeness (QED) is 0.726. The van der Waals surface area contributed by atoms with Gasteiger partial charge < -0.3 is 4.57 Å². The number of nitrogens with zero attached hydrogens (tertiary/aromatic N) is 1. The SMILES string of the molecule is Clc1cccc(Cl)c1-n1ccc(Br)c1. The van der Waals surface area contributed by atoms with E-state index in [1.54, 1.807) is 0 Å². The first kappa shape index (κ1) is 10.1. The molecule has 1 aromatic heterocycles. The average molecular weight is 291 g/mol. The minimum Gasteiger partial charge on any atom is -0.320 e. The van der Waals surface area contributed by atoms with Crippen LogP contribution in [-0.4, -0.2) is 4.57 Å². The summed E-state index contributed by atoms with van der Waals surface area (Å²) in [4.78, 5) is 0. The molecular formula is C10H6BrCl2N. The van der Waals surface area contributed by atoms with E-state index in [0.29, 0.717) is 10.0 Å². The van der Waals surface area contributed by atoms with Gasteiger partial charge in [-0.25, -0.2) is 0 Å². The molecular weight excluding hydrogens is 285 g/mol. The molecule has 0 N–H and O–H groups in total. The molecule has 0 bridgehead atoms. The van der Waals surface area contributed by atoms with Gasteiger partial charge in [-0.15, -0.1) is 0 Å². The van der Waals surface area contributed by atoms with Crippen LogP contribution in [-0.2, 0) is 0 Å². The van der Waals surface area contributed by atoms with E-state index >= 15 is 0 Å². The molecule has 72 valence electrons. The smallest absolute Gasteiger partial charge is 0.0826 e. The lowest BCUT2D eigenvalue weighted by Crippen LogP contribution is -1.91. The summed E-state index contributed by atoms with van der Waals surface area (Å²) in [7, 11) is 0. The third-order valence-electron chi connectivity index (χ3n) is 1.85. The minimum atomic E-state index is 0.639. The van der Waals surface area contributed by atoms with Crippen LogP contribution in [0.2, 0.25) is 10.0 Å². The van der Waals surface area contributed by atoms with Gasteiger partial charge in [-0.05, 0) is 34.1 Å². The molecule has 0 saturated heterocycles. The van der Waals surface area contributed by atoms with Crippen molar-refractivity contribution in [2.24, 2.45) is 0 Å². The van der Waals surface area contributed by atoms with Crippen LogP contribution in [0.5, 0.6) is 0 Å². The lowest BCUT2D eigenvalue weighted by Gasteiger charge is -2.07. The van der Waals surface area contributed by atoms with Gasteiger partial charge in [0.05, 0.1) is 15.7 Å². The van der Waals surface area contributed by atoms with Crippen LogP contribution in [0.4, 0.5) is 0 Å². The van der Waals surface area contributed by atoms with Gasteiger partial charge in [-0.3, -0.25) is 0 Å². The van der Waals surface area contributed by atoms with Crippen molar-refractivity contribution < 1.29 is 0 Å². The number of hydrogen-bond donors (Lipinski definition) is 0. The molecule has 0 aliphatic carbocycles. The molecule has 0 atom stereocenters. The summed E-state index contributed by atoms with van der Waals surface area (Å²) in [6.45, 7) is 0. The lowest BCUT2D eigenvalue weighted by atomic mass is 10.3. The third-order valence-corrected chi connectivity index (χ3v) is 2.93. The Hall–Kier alpha value is -0.440. The van der Waals surface area contributed by atoms with E-state index in [9.17, 15) is 0 Å². The van der Waals surface area contributed by atoms with Crippen LogP contribution < -0.4 is 0 Å². The Morgan fingerprint density at radius 3 is 2.21 bits per heavy atom. The van der Waals surface area contributed by atoms with E-state index in [1.165, 1.54) is 0 Å². The second-order valence-corrected chi connectivity index (χ2v) is 4.54. The van der Waals surface area contributed by atoms with Gasteiger partial charge in [0.15, 0.2) is 0 Å². The maximum absolute atomic E-state index is 6.05. The highest BCUT2D eigenvalue weighted by molar-refractivity contribution is 9.10. The van der Waals surface area contributed by atoms with Crippen LogP contribution in [0.1, 0.15) is 0 Å². The number of para-hydroxylation sites is 1. The molecule has 1 aromatic carbocycles. The second-order valence-electron chi connectivity index (χ2n) is 2.81.